The fourth-order valence-corrected chi connectivity index (χ4v) is 8.98. The van der Waals surface area contributed by atoms with Crippen LogP contribution < -0.4 is 0 Å². The molecule has 294 valence electrons. The maximum absolute atomic E-state index is 5.30. The van der Waals surface area contributed by atoms with Crippen molar-refractivity contribution in [1.29, 1.82) is 0 Å². The van der Waals surface area contributed by atoms with Crippen LogP contribution in [0.15, 0.2) is 224 Å². The molecule has 0 fully saturated rings. The topological polar surface area (TPSA) is 56.0 Å². The third-order valence-electron chi connectivity index (χ3n) is 12.1. The van der Waals surface area contributed by atoms with Crippen molar-refractivity contribution in [2.45, 2.75) is 0 Å². The molecule has 5 nitrogen and oxygen atoms in total. The minimum atomic E-state index is 0.680. The molecule has 63 heavy (non-hydrogen) atoms. The summed E-state index contributed by atoms with van der Waals surface area (Å²) in [7, 11) is 0. The minimum Gasteiger partial charge on any atom is -0.277 e. The van der Waals surface area contributed by atoms with Gasteiger partial charge in [-0.2, -0.15) is 0 Å². The van der Waals surface area contributed by atoms with Gasteiger partial charge in [-0.3, -0.25) is 4.40 Å². The van der Waals surface area contributed by atoms with Gasteiger partial charge in [0.1, 0.15) is 11.5 Å². The third-order valence-corrected chi connectivity index (χ3v) is 12.1. The molecule has 0 aliphatic carbocycles. The Bertz CT molecular complexity index is 3540. The second-order valence-electron chi connectivity index (χ2n) is 15.8. The lowest BCUT2D eigenvalue weighted by atomic mass is 9.98. The number of fused-ring (bicyclic) bond motifs is 5. The SMILES string of the molecule is c1ccc(-c2nc(-c3ccc(-c4ccc(-c5cc(-c6cccc7ccccc67)nc(-c6cccc7ccccc67)n5)cc4)cc3)nc3c4ccccc4c(-c4ccccc4)n23)cc1. The molecule has 0 radical (unpaired) electrons. The largest absolute Gasteiger partial charge is 0.277 e. The van der Waals surface area contributed by atoms with E-state index in [2.05, 4.69) is 223 Å². The molecule has 0 N–H and O–H groups in total. The standard InChI is InChI=1S/C58H37N5/c1-3-17-43(18-4-1)54-49-25-11-12-26-51(49)58-62-55(61-57(63(54)58)45-19-5-2-6-20-45)44-35-31-39(32-36-44)38-29-33-42(34-30-38)52-37-53(48-27-13-21-40-15-7-9-23-46(40)48)60-56(59-52)50-28-14-22-41-16-8-10-24-47(41)50/h1-37H. The summed E-state index contributed by atoms with van der Waals surface area (Å²) in [5.74, 6) is 2.23. The van der Waals surface area contributed by atoms with Gasteiger partial charge in [0, 0.05) is 38.6 Å². The van der Waals surface area contributed by atoms with Crippen LogP contribution in [0.1, 0.15) is 0 Å². The first-order chi connectivity index (χ1) is 31.2. The van der Waals surface area contributed by atoms with Crippen LogP contribution in [0.25, 0.3) is 117 Å². The van der Waals surface area contributed by atoms with Crippen molar-refractivity contribution >= 4 is 38.0 Å². The Morgan fingerprint density at radius 3 is 1.44 bits per heavy atom. The lowest BCUT2D eigenvalue weighted by molar-refractivity contribution is 1.05. The van der Waals surface area contributed by atoms with Crippen molar-refractivity contribution in [3.8, 4) is 79.1 Å². The Balaban J connectivity index is 0.934. The van der Waals surface area contributed by atoms with Crippen LogP contribution in [0, 0.1) is 0 Å². The zero-order valence-corrected chi connectivity index (χ0v) is 34.1. The highest BCUT2D eigenvalue weighted by Gasteiger charge is 2.21. The van der Waals surface area contributed by atoms with Crippen molar-refractivity contribution in [2.24, 2.45) is 0 Å². The summed E-state index contributed by atoms with van der Waals surface area (Å²) in [5, 5.41) is 6.85. The Labute approximate surface area is 364 Å². The van der Waals surface area contributed by atoms with Gasteiger partial charge in [-0.25, -0.2) is 19.9 Å². The summed E-state index contributed by atoms with van der Waals surface area (Å²) >= 11 is 0. The number of benzene rings is 9. The van der Waals surface area contributed by atoms with Crippen LogP contribution in [-0.4, -0.2) is 24.3 Å². The molecule has 0 amide bonds. The highest BCUT2D eigenvalue weighted by atomic mass is 15.1. The van der Waals surface area contributed by atoms with E-state index in [1.165, 1.54) is 5.39 Å². The predicted octanol–water partition coefficient (Wildman–Crippen LogP) is 14.6. The quantitative estimate of drug-likeness (QED) is 0.161. The molecule has 0 bridgehead atoms. The molecule has 0 spiro atoms. The van der Waals surface area contributed by atoms with Crippen molar-refractivity contribution in [2.75, 3.05) is 0 Å². The molecule has 12 aromatic rings. The van der Waals surface area contributed by atoms with E-state index in [-0.39, 0.29) is 0 Å². The number of hydrogen-bond donors (Lipinski definition) is 0. The van der Waals surface area contributed by atoms with Gasteiger partial charge < -0.3 is 0 Å². The summed E-state index contributed by atoms with van der Waals surface area (Å²) in [6.07, 6.45) is 0. The number of rotatable bonds is 7. The lowest BCUT2D eigenvalue weighted by Crippen LogP contribution is -2.03. The Morgan fingerprint density at radius 1 is 0.286 bits per heavy atom. The number of hydrogen-bond acceptors (Lipinski definition) is 4. The zero-order chi connectivity index (χ0) is 41.7. The second kappa shape index (κ2) is 15.2. The summed E-state index contributed by atoms with van der Waals surface area (Å²) in [6.45, 7) is 0. The van der Waals surface area contributed by atoms with Gasteiger partial charge in [-0.1, -0.05) is 218 Å². The molecule has 0 atom stereocenters. The average Bonchev–Trinajstić information content (AvgIpc) is 3.70. The molecule has 9 aromatic carbocycles. The van der Waals surface area contributed by atoms with Crippen LogP contribution in [0.3, 0.4) is 0 Å². The van der Waals surface area contributed by atoms with E-state index < -0.39 is 0 Å². The van der Waals surface area contributed by atoms with Crippen molar-refractivity contribution in [1.82, 2.24) is 24.3 Å². The third kappa shape index (κ3) is 6.42. The molecule has 3 heterocycles. The van der Waals surface area contributed by atoms with Gasteiger partial charge >= 0.3 is 0 Å². The zero-order valence-electron chi connectivity index (χ0n) is 34.1. The number of nitrogens with zero attached hydrogens (tertiary/aromatic N) is 5. The van der Waals surface area contributed by atoms with Gasteiger partial charge in [0.2, 0.25) is 0 Å². The van der Waals surface area contributed by atoms with Gasteiger partial charge in [0.25, 0.3) is 0 Å². The Kier molecular flexibility index (Phi) is 8.75. The van der Waals surface area contributed by atoms with Gasteiger partial charge in [0.15, 0.2) is 11.6 Å². The summed E-state index contributed by atoms with van der Waals surface area (Å²) < 4.78 is 2.22. The first-order valence-corrected chi connectivity index (χ1v) is 21.2. The van der Waals surface area contributed by atoms with E-state index in [9.17, 15) is 0 Å². The van der Waals surface area contributed by atoms with Crippen LogP contribution in [-0.2, 0) is 0 Å². The van der Waals surface area contributed by atoms with Crippen molar-refractivity contribution in [3.63, 3.8) is 0 Å². The Morgan fingerprint density at radius 2 is 0.778 bits per heavy atom. The monoisotopic (exact) mass is 803 g/mol. The molecule has 0 unspecified atom stereocenters. The van der Waals surface area contributed by atoms with Gasteiger partial charge in [0.05, 0.1) is 17.1 Å². The van der Waals surface area contributed by atoms with E-state index >= 15 is 0 Å². The first kappa shape index (κ1) is 36.3. The second-order valence-corrected chi connectivity index (χ2v) is 15.8. The van der Waals surface area contributed by atoms with Crippen LogP contribution in [0.2, 0.25) is 0 Å². The molecule has 0 saturated heterocycles. The predicted molar refractivity (Wildman–Crippen MR) is 259 cm³/mol. The molecule has 0 saturated carbocycles. The smallest absolute Gasteiger partial charge is 0.163 e. The van der Waals surface area contributed by atoms with E-state index in [0.29, 0.717) is 11.6 Å². The average molecular weight is 804 g/mol. The van der Waals surface area contributed by atoms with E-state index in [1.807, 2.05) is 6.07 Å². The highest BCUT2D eigenvalue weighted by molar-refractivity contribution is 6.06. The molecule has 0 aliphatic heterocycles. The lowest BCUT2D eigenvalue weighted by Gasteiger charge is -2.13. The maximum Gasteiger partial charge on any atom is 0.163 e. The fourth-order valence-electron chi connectivity index (χ4n) is 8.98. The molecule has 0 aliphatic rings. The van der Waals surface area contributed by atoms with Crippen molar-refractivity contribution < 1.29 is 0 Å². The van der Waals surface area contributed by atoms with E-state index in [0.717, 1.165) is 100.0 Å². The minimum absolute atomic E-state index is 0.680. The van der Waals surface area contributed by atoms with Gasteiger partial charge in [-0.15, -0.1) is 0 Å². The van der Waals surface area contributed by atoms with Crippen molar-refractivity contribution in [3.05, 3.63) is 224 Å². The maximum atomic E-state index is 5.30. The van der Waals surface area contributed by atoms with Gasteiger partial charge in [-0.05, 0) is 44.3 Å². The summed E-state index contributed by atoms with van der Waals surface area (Å²) in [4.78, 5) is 21.1. The Hall–Kier alpha value is -8.54. The fraction of sp³-hybridized carbons (Fsp3) is 0. The molecular weight excluding hydrogens is 767 g/mol. The van der Waals surface area contributed by atoms with E-state index in [1.54, 1.807) is 0 Å². The normalized spacial score (nSPS) is 11.5. The molecule has 12 rings (SSSR count). The summed E-state index contributed by atoms with van der Waals surface area (Å²) in [6, 6.07) is 78.5. The molecule has 5 heteroatoms. The number of aromatic nitrogens is 5. The highest BCUT2D eigenvalue weighted by Crippen LogP contribution is 2.39. The first-order valence-electron chi connectivity index (χ1n) is 21.2. The van der Waals surface area contributed by atoms with Crippen LogP contribution >= 0.6 is 0 Å². The van der Waals surface area contributed by atoms with Crippen LogP contribution in [0.5, 0.6) is 0 Å². The molecule has 3 aromatic heterocycles. The van der Waals surface area contributed by atoms with E-state index in [4.69, 9.17) is 19.9 Å². The van der Waals surface area contributed by atoms with Crippen LogP contribution in [0.4, 0.5) is 0 Å². The molecular formula is C58H37N5. The summed E-state index contributed by atoms with van der Waals surface area (Å²) in [5.41, 5.74) is 12.1.